The van der Waals surface area contributed by atoms with Gasteiger partial charge in [0, 0.05) is 44.5 Å². The van der Waals surface area contributed by atoms with Gasteiger partial charge in [-0.15, -0.1) is 0 Å². The predicted molar refractivity (Wildman–Crippen MR) is 129 cm³/mol. The average molecular weight is 442 g/mol. The highest BCUT2D eigenvalue weighted by Crippen LogP contribution is 2.23. The predicted octanol–water partition coefficient (Wildman–Crippen LogP) is 3.46. The van der Waals surface area contributed by atoms with E-state index < -0.39 is 0 Å². The number of hydrogen-bond acceptors (Lipinski definition) is 4. The third-order valence-corrected chi connectivity index (χ3v) is 6.66. The van der Waals surface area contributed by atoms with Crippen molar-refractivity contribution in [3.8, 4) is 0 Å². The monoisotopic (exact) mass is 441 g/mol. The van der Waals surface area contributed by atoms with Gasteiger partial charge < -0.3 is 9.88 Å². The van der Waals surface area contributed by atoms with Gasteiger partial charge in [0.05, 0.1) is 11.8 Å². The molecule has 1 N–H and O–H groups in total. The van der Waals surface area contributed by atoms with Crippen molar-refractivity contribution in [2.24, 2.45) is 7.05 Å². The van der Waals surface area contributed by atoms with Gasteiger partial charge in [0.25, 0.3) is 11.5 Å². The molecule has 0 saturated carbocycles. The highest BCUT2D eigenvalue weighted by atomic mass is 16.2. The van der Waals surface area contributed by atoms with Gasteiger partial charge in [0.1, 0.15) is 5.56 Å². The second-order valence-corrected chi connectivity index (χ2v) is 8.73. The molecule has 0 spiro atoms. The van der Waals surface area contributed by atoms with E-state index in [2.05, 4.69) is 27.4 Å². The zero-order valence-electron chi connectivity index (χ0n) is 19.1. The summed E-state index contributed by atoms with van der Waals surface area (Å²) in [6.45, 7) is 6.20. The van der Waals surface area contributed by atoms with Crippen molar-refractivity contribution in [2.45, 2.75) is 33.4 Å². The van der Waals surface area contributed by atoms with Gasteiger partial charge in [-0.05, 0) is 36.6 Å². The van der Waals surface area contributed by atoms with Crippen LogP contribution >= 0.6 is 0 Å². The number of carbonyl (C=O) groups is 1. The van der Waals surface area contributed by atoms with Crippen molar-refractivity contribution in [1.29, 1.82) is 0 Å². The Kier molecular flexibility index (Phi) is 5.34. The van der Waals surface area contributed by atoms with Crippen LogP contribution in [0.4, 0.5) is 5.69 Å². The summed E-state index contributed by atoms with van der Waals surface area (Å²) in [7, 11) is 1.91. The van der Waals surface area contributed by atoms with E-state index >= 15 is 0 Å². The van der Waals surface area contributed by atoms with Crippen molar-refractivity contribution in [3.63, 3.8) is 0 Å². The molecule has 1 amide bonds. The van der Waals surface area contributed by atoms with Crippen LogP contribution in [0.25, 0.3) is 5.65 Å². The molecule has 4 aromatic rings. The molecule has 2 aromatic heterocycles. The van der Waals surface area contributed by atoms with E-state index in [1.165, 1.54) is 16.3 Å². The third-order valence-electron chi connectivity index (χ3n) is 6.66. The lowest BCUT2D eigenvalue weighted by molar-refractivity contribution is 0.102. The number of aryl methyl sites for hydroxylation is 2. The minimum absolute atomic E-state index is 0.151. The minimum Gasteiger partial charge on any atom is -0.332 e. The van der Waals surface area contributed by atoms with Gasteiger partial charge in [-0.3, -0.25) is 14.5 Å². The molecule has 0 fully saturated rings. The summed E-state index contributed by atoms with van der Waals surface area (Å²) in [6, 6.07) is 16.1. The van der Waals surface area contributed by atoms with E-state index in [4.69, 9.17) is 0 Å². The number of amides is 1. The second kappa shape index (κ2) is 8.33. The number of benzene rings is 2. The number of nitrogens with one attached hydrogen (secondary N) is 1. The molecule has 0 bridgehead atoms. The number of nitrogens with zero attached hydrogens (tertiary/aromatic N) is 4. The maximum atomic E-state index is 13.3. The van der Waals surface area contributed by atoms with Crippen molar-refractivity contribution < 1.29 is 4.79 Å². The maximum absolute atomic E-state index is 13.3. The lowest BCUT2D eigenvalue weighted by atomic mass is 10.1. The fourth-order valence-corrected chi connectivity index (χ4v) is 4.65. The van der Waals surface area contributed by atoms with Crippen molar-refractivity contribution in [1.82, 2.24) is 19.1 Å². The number of aromatic nitrogens is 3. The zero-order valence-corrected chi connectivity index (χ0v) is 19.1. The summed E-state index contributed by atoms with van der Waals surface area (Å²) < 4.78 is 3.32. The van der Waals surface area contributed by atoms with Crippen LogP contribution in [0.15, 0.2) is 59.5 Å². The average Bonchev–Trinajstić information content (AvgIpc) is 3.27. The molecule has 1 aliphatic heterocycles. The molecular weight excluding hydrogens is 414 g/mol. The Bertz CT molecular complexity index is 1420. The number of hydrogen-bond donors (Lipinski definition) is 1. The van der Waals surface area contributed by atoms with Crippen LogP contribution in [0.3, 0.4) is 0 Å². The van der Waals surface area contributed by atoms with Crippen LogP contribution in [0.5, 0.6) is 0 Å². The Labute approximate surface area is 192 Å². The van der Waals surface area contributed by atoms with Crippen LogP contribution in [0.1, 0.15) is 38.3 Å². The molecule has 0 atom stereocenters. The fraction of sp³-hybridized carbons (Fsp3) is 0.269. The van der Waals surface area contributed by atoms with Crippen LogP contribution < -0.4 is 10.9 Å². The molecule has 7 nitrogen and oxygen atoms in total. The molecule has 0 saturated heterocycles. The van der Waals surface area contributed by atoms with Gasteiger partial charge in [-0.2, -0.15) is 9.61 Å². The molecule has 1 aliphatic rings. The minimum atomic E-state index is -0.268. The first-order valence-electron chi connectivity index (χ1n) is 11.2. The SMILES string of the molecule is Cc1cccc(NC(=O)c2cnn3c(=O)c4c(n(C)c23)CCN(Cc2ccccc2)C4)c1C. The molecule has 0 unspecified atom stereocenters. The van der Waals surface area contributed by atoms with Gasteiger partial charge in [0.2, 0.25) is 0 Å². The summed E-state index contributed by atoms with van der Waals surface area (Å²) in [4.78, 5) is 28.8. The largest absolute Gasteiger partial charge is 0.332 e. The van der Waals surface area contributed by atoms with Crippen LogP contribution in [-0.4, -0.2) is 31.5 Å². The summed E-state index contributed by atoms with van der Waals surface area (Å²) in [5.41, 5.74) is 6.60. The van der Waals surface area contributed by atoms with E-state index in [1.54, 1.807) is 0 Å². The Morgan fingerprint density at radius 2 is 1.88 bits per heavy atom. The number of rotatable bonds is 4. The zero-order chi connectivity index (χ0) is 23.1. The highest BCUT2D eigenvalue weighted by molar-refractivity contribution is 6.08. The number of fused-ring (bicyclic) bond motifs is 2. The van der Waals surface area contributed by atoms with Crippen LogP contribution in [0, 0.1) is 13.8 Å². The molecule has 3 heterocycles. The topological polar surface area (TPSA) is 71.6 Å². The van der Waals surface area contributed by atoms with E-state index in [1.807, 2.05) is 61.9 Å². The Morgan fingerprint density at radius 1 is 1.09 bits per heavy atom. The normalized spacial score (nSPS) is 13.8. The molecule has 0 aliphatic carbocycles. The maximum Gasteiger partial charge on any atom is 0.279 e. The molecule has 5 rings (SSSR count). The highest BCUT2D eigenvalue weighted by Gasteiger charge is 2.26. The van der Waals surface area contributed by atoms with Crippen molar-refractivity contribution >= 4 is 17.2 Å². The lowest BCUT2D eigenvalue weighted by Gasteiger charge is -2.29. The van der Waals surface area contributed by atoms with E-state index in [0.717, 1.165) is 47.6 Å². The number of anilines is 1. The smallest absolute Gasteiger partial charge is 0.279 e. The Balaban J connectivity index is 1.49. The fourth-order valence-electron chi connectivity index (χ4n) is 4.65. The van der Waals surface area contributed by atoms with Crippen LogP contribution in [0.2, 0.25) is 0 Å². The lowest BCUT2D eigenvalue weighted by Crippen LogP contribution is -2.38. The summed E-state index contributed by atoms with van der Waals surface area (Å²) in [6.07, 6.45) is 2.23. The van der Waals surface area contributed by atoms with Crippen molar-refractivity contribution in [3.05, 3.63) is 98.6 Å². The first kappa shape index (κ1) is 21.2. The molecule has 2 aromatic carbocycles. The summed E-state index contributed by atoms with van der Waals surface area (Å²) in [5, 5.41) is 7.29. The van der Waals surface area contributed by atoms with E-state index in [-0.39, 0.29) is 11.5 Å². The van der Waals surface area contributed by atoms with E-state index in [9.17, 15) is 9.59 Å². The number of carbonyl (C=O) groups excluding carboxylic acids is 1. The van der Waals surface area contributed by atoms with Gasteiger partial charge >= 0.3 is 0 Å². The third kappa shape index (κ3) is 3.74. The first-order chi connectivity index (χ1) is 15.9. The second-order valence-electron chi connectivity index (χ2n) is 8.73. The van der Waals surface area contributed by atoms with Crippen LogP contribution in [-0.2, 0) is 26.6 Å². The Morgan fingerprint density at radius 3 is 2.67 bits per heavy atom. The van der Waals surface area contributed by atoms with Gasteiger partial charge in [-0.25, -0.2) is 0 Å². The molecular formula is C26H27N5O2. The summed E-state index contributed by atoms with van der Waals surface area (Å²) in [5.74, 6) is -0.268. The Hall–Kier alpha value is -3.71. The van der Waals surface area contributed by atoms with Gasteiger partial charge in [-0.1, -0.05) is 42.5 Å². The first-order valence-corrected chi connectivity index (χ1v) is 11.2. The quantitative estimate of drug-likeness (QED) is 0.527. The standard InChI is InChI=1S/C26H27N5O2/c1-17-8-7-11-22(18(17)2)28-24(32)20-14-27-31-25(20)29(3)23-12-13-30(16-21(23)26(31)33)15-19-9-5-4-6-10-19/h4-11,14H,12-13,15-16H2,1-3H3,(H,28,32). The molecule has 7 heteroatoms. The summed E-state index contributed by atoms with van der Waals surface area (Å²) >= 11 is 0. The van der Waals surface area contributed by atoms with Gasteiger partial charge in [0.15, 0.2) is 5.65 Å². The van der Waals surface area contributed by atoms with Crippen molar-refractivity contribution in [2.75, 3.05) is 11.9 Å². The molecule has 168 valence electrons. The molecule has 33 heavy (non-hydrogen) atoms. The van der Waals surface area contributed by atoms with E-state index in [0.29, 0.717) is 17.8 Å². The molecule has 0 radical (unpaired) electrons.